The van der Waals surface area contributed by atoms with Gasteiger partial charge in [0.1, 0.15) is 5.60 Å². The zero-order valence-corrected chi connectivity index (χ0v) is 22.2. The van der Waals surface area contributed by atoms with Crippen LogP contribution in [-0.2, 0) is 23.9 Å². The lowest BCUT2D eigenvalue weighted by Crippen LogP contribution is -2.58. The zero-order valence-electron chi connectivity index (χ0n) is 21.4. The highest BCUT2D eigenvalue weighted by molar-refractivity contribution is 7.80. The molecule has 4 aliphatic rings. The molecule has 3 fully saturated rings. The van der Waals surface area contributed by atoms with Crippen LogP contribution in [-0.4, -0.2) is 34.8 Å². The normalized spacial score (nSPS) is 41.0. The van der Waals surface area contributed by atoms with E-state index in [1.807, 2.05) is 6.08 Å². The molecule has 7 atom stereocenters. The van der Waals surface area contributed by atoms with Crippen LogP contribution in [0.25, 0.3) is 0 Å². The molecule has 0 aromatic rings. The van der Waals surface area contributed by atoms with E-state index in [1.165, 1.54) is 19.4 Å². The number of ketones is 1. The summed E-state index contributed by atoms with van der Waals surface area (Å²) >= 11 is 5.83. The van der Waals surface area contributed by atoms with Crippen LogP contribution in [0, 0.1) is 34.5 Å². The monoisotopic (exact) mass is 488 g/mol. The Bertz CT molecular complexity index is 924. The lowest BCUT2D eigenvalue weighted by molar-refractivity contribution is -0.186. The summed E-state index contributed by atoms with van der Waals surface area (Å²) in [5.74, 6) is 1.39. The molecule has 3 saturated carbocycles. The molecule has 0 aliphatic heterocycles. The van der Waals surface area contributed by atoms with E-state index in [0.29, 0.717) is 43.6 Å². The average molecular weight is 489 g/mol. The molecule has 0 heterocycles. The Kier molecular flexibility index (Phi) is 6.87. The van der Waals surface area contributed by atoms with E-state index in [0.717, 1.165) is 43.4 Å². The van der Waals surface area contributed by atoms with Crippen molar-refractivity contribution in [1.82, 2.24) is 0 Å². The van der Waals surface area contributed by atoms with Crippen LogP contribution in [0.2, 0.25) is 0 Å². The third-order valence-corrected chi connectivity index (χ3v) is 10.5. The van der Waals surface area contributed by atoms with E-state index < -0.39 is 5.60 Å². The number of esters is 2. The highest BCUT2D eigenvalue weighted by Crippen LogP contribution is 2.70. The van der Waals surface area contributed by atoms with Gasteiger partial charge in [-0.3, -0.25) is 14.4 Å². The van der Waals surface area contributed by atoms with Crippen molar-refractivity contribution in [2.75, 3.05) is 6.61 Å². The summed E-state index contributed by atoms with van der Waals surface area (Å²) in [5.41, 5.74) is 0.701. The highest BCUT2D eigenvalue weighted by Gasteiger charge is 2.67. The maximum Gasteiger partial charge on any atom is 0.303 e. The maximum absolute atomic E-state index is 12.3. The van der Waals surface area contributed by atoms with Crippen molar-refractivity contribution in [2.45, 2.75) is 98.0 Å². The molecule has 0 N–H and O–H groups in total. The van der Waals surface area contributed by atoms with Crippen molar-refractivity contribution in [3.05, 3.63) is 11.6 Å². The maximum atomic E-state index is 12.3. The van der Waals surface area contributed by atoms with Gasteiger partial charge in [-0.05, 0) is 98.3 Å². The molecule has 0 aromatic carbocycles. The Hall–Kier alpha value is -1.56. The van der Waals surface area contributed by atoms with Crippen molar-refractivity contribution >= 4 is 34.8 Å². The molecule has 4 aliphatic carbocycles. The van der Waals surface area contributed by atoms with Gasteiger partial charge in [-0.1, -0.05) is 31.6 Å². The molecule has 188 valence electrons. The minimum atomic E-state index is -0.534. The predicted octanol–water partition coefficient (Wildman–Crippen LogP) is 5.78. The van der Waals surface area contributed by atoms with Crippen molar-refractivity contribution in [1.29, 1.82) is 0 Å². The van der Waals surface area contributed by atoms with Gasteiger partial charge in [-0.25, -0.2) is 0 Å². The van der Waals surface area contributed by atoms with Crippen molar-refractivity contribution in [3.63, 3.8) is 0 Å². The zero-order chi connectivity index (χ0) is 24.9. The molecule has 6 heteroatoms. The Morgan fingerprint density at radius 3 is 2.41 bits per heavy atom. The molecule has 34 heavy (non-hydrogen) atoms. The van der Waals surface area contributed by atoms with Crippen molar-refractivity contribution in [2.24, 2.45) is 34.5 Å². The van der Waals surface area contributed by atoms with Gasteiger partial charge in [-0.15, -0.1) is 0 Å². The average Bonchev–Trinajstić information content (AvgIpc) is 3.03. The number of hydrogen-bond acceptors (Lipinski definition) is 6. The fourth-order valence-corrected chi connectivity index (χ4v) is 8.79. The van der Waals surface area contributed by atoms with E-state index in [2.05, 4.69) is 20.8 Å². The second kappa shape index (κ2) is 9.15. The first-order valence-electron chi connectivity index (χ1n) is 13.0. The van der Waals surface area contributed by atoms with Gasteiger partial charge in [-0.2, -0.15) is 0 Å². The first kappa shape index (κ1) is 25.5. The van der Waals surface area contributed by atoms with Crippen LogP contribution < -0.4 is 0 Å². The molecule has 5 nitrogen and oxygen atoms in total. The number of carbonyl (C=O) groups excluding carboxylic acids is 3. The van der Waals surface area contributed by atoms with Gasteiger partial charge in [0.05, 0.1) is 6.61 Å². The summed E-state index contributed by atoms with van der Waals surface area (Å²) in [6, 6.07) is 0. The topological polar surface area (TPSA) is 69.7 Å². The van der Waals surface area contributed by atoms with Crippen LogP contribution in [0.5, 0.6) is 0 Å². The quantitative estimate of drug-likeness (QED) is 0.268. The van der Waals surface area contributed by atoms with Gasteiger partial charge in [0.15, 0.2) is 5.78 Å². The van der Waals surface area contributed by atoms with Gasteiger partial charge in [0, 0.05) is 25.7 Å². The SMILES string of the molecule is CC(=O)OCCC[C@]1(OC(C)=O)CC[C@H]2[C@@H]3[C@H](C(C)=S)CC4=CC(=O)CC[C@]4(C)[C@H]3CC[C@@]21C. The van der Waals surface area contributed by atoms with Gasteiger partial charge in [0.25, 0.3) is 0 Å². The first-order chi connectivity index (χ1) is 15.9. The number of carbonyl (C=O) groups is 3. The highest BCUT2D eigenvalue weighted by atomic mass is 32.1. The van der Waals surface area contributed by atoms with E-state index >= 15 is 0 Å². The summed E-state index contributed by atoms with van der Waals surface area (Å²) in [6.07, 6.45) is 9.72. The molecule has 0 unspecified atom stereocenters. The van der Waals surface area contributed by atoms with Crippen LogP contribution in [0.3, 0.4) is 0 Å². The number of rotatable bonds is 6. The molecule has 0 bridgehead atoms. The molecule has 0 amide bonds. The van der Waals surface area contributed by atoms with Crippen molar-refractivity contribution in [3.8, 4) is 0 Å². The van der Waals surface area contributed by atoms with E-state index in [-0.39, 0.29) is 34.5 Å². The largest absolute Gasteiger partial charge is 0.466 e. The first-order valence-corrected chi connectivity index (χ1v) is 13.4. The molecular formula is C28H40O5S. The smallest absolute Gasteiger partial charge is 0.303 e. The van der Waals surface area contributed by atoms with Crippen LogP contribution >= 0.6 is 12.2 Å². The number of fused-ring (bicyclic) bond motifs is 5. The van der Waals surface area contributed by atoms with E-state index in [4.69, 9.17) is 21.7 Å². The molecule has 0 radical (unpaired) electrons. The Labute approximate surface area is 209 Å². The number of thiocarbonyl (C=S) groups is 1. The predicted molar refractivity (Wildman–Crippen MR) is 134 cm³/mol. The molecular weight excluding hydrogens is 448 g/mol. The molecule has 0 saturated heterocycles. The Morgan fingerprint density at radius 1 is 1.06 bits per heavy atom. The summed E-state index contributed by atoms with van der Waals surface area (Å²) in [5, 5.41) is 0. The molecule has 4 rings (SSSR count). The third kappa shape index (κ3) is 4.08. The van der Waals surface area contributed by atoms with Crippen LogP contribution in [0.1, 0.15) is 92.4 Å². The summed E-state index contributed by atoms with van der Waals surface area (Å²) in [4.78, 5) is 36.9. The second-order valence-corrected chi connectivity index (χ2v) is 12.4. The van der Waals surface area contributed by atoms with Gasteiger partial charge < -0.3 is 9.47 Å². The van der Waals surface area contributed by atoms with E-state index in [1.54, 1.807) is 0 Å². The Morgan fingerprint density at radius 2 is 1.76 bits per heavy atom. The van der Waals surface area contributed by atoms with Crippen molar-refractivity contribution < 1.29 is 23.9 Å². The molecule has 0 aromatic heterocycles. The van der Waals surface area contributed by atoms with Gasteiger partial charge in [0.2, 0.25) is 0 Å². The third-order valence-electron chi connectivity index (χ3n) is 10.2. The standard InChI is InChI=1S/C28H40O5S/c1-17(34)22-16-20-15-21(31)7-11-26(20,4)23-8-12-27(5)24(25(22)23)9-13-28(27,33-19(3)30)10-6-14-32-18(2)29/h15,22-25H,6-14,16H2,1-5H3/t22-,23-,24-,25+,26-,27-,28-/m0/s1. The molecule has 0 spiro atoms. The fraction of sp³-hybridized carbons (Fsp3) is 0.786. The van der Waals surface area contributed by atoms with E-state index in [9.17, 15) is 14.4 Å². The second-order valence-electron chi connectivity index (χ2n) is 11.8. The number of ether oxygens (including phenoxy) is 2. The number of allylic oxidation sites excluding steroid dienone is 1. The number of hydrogen-bond donors (Lipinski definition) is 0. The summed E-state index contributed by atoms with van der Waals surface area (Å²) in [7, 11) is 0. The van der Waals surface area contributed by atoms with Gasteiger partial charge >= 0.3 is 11.9 Å². The van der Waals surface area contributed by atoms with Crippen LogP contribution in [0.15, 0.2) is 11.6 Å². The Balaban J connectivity index is 1.69. The van der Waals surface area contributed by atoms with Crippen LogP contribution in [0.4, 0.5) is 0 Å². The summed E-state index contributed by atoms with van der Waals surface area (Å²) < 4.78 is 11.4. The fourth-order valence-electron chi connectivity index (χ4n) is 8.55. The lowest BCUT2D eigenvalue weighted by atomic mass is 9.43. The summed E-state index contributed by atoms with van der Waals surface area (Å²) in [6.45, 7) is 10.1. The minimum Gasteiger partial charge on any atom is -0.466 e. The lowest BCUT2D eigenvalue weighted by Gasteiger charge is -2.61. The minimum absolute atomic E-state index is 0.0587.